The minimum absolute atomic E-state index is 0.0964. The fraction of sp³-hybridized carbons (Fsp3) is 0.455. The van der Waals surface area contributed by atoms with Crippen LogP contribution < -0.4 is 10.6 Å². The zero-order valence-corrected chi connectivity index (χ0v) is 9.00. The van der Waals surface area contributed by atoms with Crippen LogP contribution in [0.4, 0.5) is 11.5 Å². The smallest absolute Gasteiger partial charge is 0.228 e. The number of carbonyl (C=O) groups excluding carboxylic acids is 1. The summed E-state index contributed by atoms with van der Waals surface area (Å²) in [6.07, 6.45) is 3.76. The predicted octanol–water partition coefficient (Wildman–Crippen LogP) is 1.78. The number of pyridine rings is 1. The Kier molecular flexibility index (Phi) is 2.58. The summed E-state index contributed by atoms with van der Waals surface area (Å²) in [5, 5.41) is 5.85. The molecule has 0 unspecified atom stereocenters. The largest absolute Gasteiger partial charge is 0.387 e. The van der Waals surface area contributed by atoms with Gasteiger partial charge in [0.1, 0.15) is 5.82 Å². The summed E-state index contributed by atoms with van der Waals surface area (Å²) in [4.78, 5) is 15.6. The highest BCUT2D eigenvalue weighted by atomic mass is 16.2. The molecule has 2 N–H and O–H groups in total. The molecule has 0 radical (unpaired) electrons. The molecule has 0 atom stereocenters. The number of carbonyl (C=O) groups is 1. The first-order valence-corrected chi connectivity index (χ1v) is 5.16. The van der Waals surface area contributed by atoms with Gasteiger partial charge in [-0.25, -0.2) is 4.98 Å². The van der Waals surface area contributed by atoms with E-state index in [9.17, 15) is 4.79 Å². The molecule has 0 spiro atoms. The molecule has 1 aromatic heterocycles. The lowest BCUT2D eigenvalue weighted by Gasteiger charge is -2.07. The van der Waals surface area contributed by atoms with E-state index in [2.05, 4.69) is 15.6 Å². The third-order valence-corrected chi connectivity index (χ3v) is 2.58. The van der Waals surface area contributed by atoms with Gasteiger partial charge in [0, 0.05) is 13.0 Å². The Morgan fingerprint density at radius 1 is 1.53 bits per heavy atom. The zero-order chi connectivity index (χ0) is 10.8. The number of hydrogen-bond acceptors (Lipinski definition) is 3. The van der Waals surface area contributed by atoms with E-state index in [0.717, 1.165) is 24.1 Å². The minimum atomic E-state index is 0.0964. The standard InChI is InChI=1S/C11H15N3O/c1-7-5-10(13-6-9(7)12-2)14-11(15)8-3-4-8/h5-6,8,12H,3-4H2,1-2H3,(H,13,14,15). The van der Waals surface area contributed by atoms with Crippen LogP contribution in [0.5, 0.6) is 0 Å². The van der Waals surface area contributed by atoms with Crippen molar-refractivity contribution in [3.63, 3.8) is 0 Å². The second-order valence-electron chi connectivity index (χ2n) is 3.90. The van der Waals surface area contributed by atoms with Crippen molar-refractivity contribution in [2.45, 2.75) is 19.8 Å². The number of amides is 1. The second-order valence-corrected chi connectivity index (χ2v) is 3.90. The molecule has 1 aliphatic rings. The molecule has 0 aromatic carbocycles. The number of anilines is 2. The van der Waals surface area contributed by atoms with Crippen molar-refractivity contribution in [1.82, 2.24) is 4.98 Å². The third kappa shape index (κ3) is 2.26. The van der Waals surface area contributed by atoms with Crippen LogP contribution in [0.15, 0.2) is 12.3 Å². The van der Waals surface area contributed by atoms with E-state index in [1.54, 1.807) is 6.20 Å². The Bertz CT molecular complexity index is 385. The van der Waals surface area contributed by atoms with E-state index in [-0.39, 0.29) is 11.8 Å². The topological polar surface area (TPSA) is 54.0 Å². The van der Waals surface area contributed by atoms with Crippen LogP contribution in [0, 0.1) is 12.8 Å². The molecule has 1 amide bonds. The fourth-order valence-corrected chi connectivity index (χ4v) is 1.46. The summed E-state index contributed by atoms with van der Waals surface area (Å²) in [6.45, 7) is 1.99. The minimum Gasteiger partial charge on any atom is -0.387 e. The molecular weight excluding hydrogens is 190 g/mol. The molecule has 4 heteroatoms. The average Bonchev–Trinajstić information content (AvgIpc) is 3.01. The Balaban J connectivity index is 2.08. The van der Waals surface area contributed by atoms with Gasteiger partial charge in [-0.1, -0.05) is 0 Å². The summed E-state index contributed by atoms with van der Waals surface area (Å²) >= 11 is 0. The number of nitrogens with zero attached hydrogens (tertiary/aromatic N) is 1. The average molecular weight is 205 g/mol. The van der Waals surface area contributed by atoms with Crippen molar-refractivity contribution in [2.75, 3.05) is 17.7 Å². The van der Waals surface area contributed by atoms with E-state index in [4.69, 9.17) is 0 Å². The second kappa shape index (κ2) is 3.88. The van der Waals surface area contributed by atoms with Gasteiger partial charge in [-0.15, -0.1) is 0 Å². The lowest BCUT2D eigenvalue weighted by atomic mass is 10.2. The van der Waals surface area contributed by atoms with Gasteiger partial charge in [-0.3, -0.25) is 4.79 Å². The Labute approximate surface area is 89.1 Å². The van der Waals surface area contributed by atoms with Crippen molar-refractivity contribution < 1.29 is 4.79 Å². The summed E-state index contributed by atoms with van der Waals surface area (Å²) in [5.74, 6) is 0.957. The van der Waals surface area contributed by atoms with Crippen LogP contribution >= 0.6 is 0 Å². The van der Waals surface area contributed by atoms with E-state index < -0.39 is 0 Å². The van der Waals surface area contributed by atoms with Gasteiger partial charge in [-0.2, -0.15) is 0 Å². The highest BCUT2D eigenvalue weighted by molar-refractivity contribution is 5.93. The molecule has 1 aromatic rings. The van der Waals surface area contributed by atoms with E-state index in [1.807, 2.05) is 20.0 Å². The first-order valence-electron chi connectivity index (χ1n) is 5.16. The van der Waals surface area contributed by atoms with Crippen molar-refractivity contribution in [3.05, 3.63) is 17.8 Å². The number of hydrogen-bond donors (Lipinski definition) is 2. The normalized spacial score (nSPS) is 14.8. The van der Waals surface area contributed by atoms with Crippen LogP contribution in [-0.4, -0.2) is 17.9 Å². The maximum atomic E-state index is 11.5. The van der Waals surface area contributed by atoms with Gasteiger partial charge >= 0.3 is 0 Å². The van der Waals surface area contributed by atoms with E-state index in [1.165, 1.54) is 0 Å². The Hall–Kier alpha value is -1.58. The zero-order valence-electron chi connectivity index (χ0n) is 9.00. The molecule has 1 fully saturated rings. The number of aromatic nitrogens is 1. The third-order valence-electron chi connectivity index (χ3n) is 2.58. The van der Waals surface area contributed by atoms with Crippen molar-refractivity contribution in [3.8, 4) is 0 Å². The molecular formula is C11H15N3O. The summed E-state index contributed by atoms with van der Waals surface area (Å²) in [7, 11) is 1.85. The lowest BCUT2D eigenvalue weighted by Crippen LogP contribution is -2.14. The summed E-state index contributed by atoms with van der Waals surface area (Å²) < 4.78 is 0. The molecule has 2 rings (SSSR count). The highest BCUT2D eigenvalue weighted by Crippen LogP contribution is 2.30. The number of nitrogens with one attached hydrogen (secondary N) is 2. The maximum Gasteiger partial charge on any atom is 0.228 e. The Morgan fingerprint density at radius 3 is 2.80 bits per heavy atom. The van der Waals surface area contributed by atoms with Crippen LogP contribution in [-0.2, 0) is 4.79 Å². The van der Waals surface area contributed by atoms with Gasteiger partial charge in [0.05, 0.1) is 11.9 Å². The van der Waals surface area contributed by atoms with Crippen molar-refractivity contribution in [1.29, 1.82) is 0 Å². The molecule has 15 heavy (non-hydrogen) atoms. The number of aryl methyl sites for hydroxylation is 1. The fourth-order valence-electron chi connectivity index (χ4n) is 1.46. The number of rotatable bonds is 3. The molecule has 0 aliphatic heterocycles. The lowest BCUT2D eigenvalue weighted by molar-refractivity contribution is -0.117. The molecule has 80 valence electrons. The van der Waals surface area contributed by atoms with Gasteiger partial charge in [0.2, 0.25) is 5.91 Å². The first kappa shape index (κ1) is 9.96. The summed E-state index contributed by atoms with van der Waals surface area (Å²) in [6, 6.07) is 1.88. The van der Waals surface area contributed by atoms with E-state index >= 15 is 0 Å². The summed E-state index contributed by atoms with van der Waals surface area (Å²) in [5.41, 5.74) is 2.07. The quantitative estimate of drug-likeness (QED) is 0.790. The van der Waals surface area contributed by atoms with Crippen LogP contribution in [0.25, 0.3) is 0 Å². The van der Waals surface area contributed by atoms with Crippen molar-refractivity contribution >= 4 is 17.4 Å². The molecule has 1 saturated carbocycles. The molecule has 4 nitrogen and oxygen atoms in total. The van der Waals surface area contributed by atoms with Gasteiger partial charge in [0.15, 0.2) is 0 Å². The Morgan fingerprint density at radius 2 is 2.27 bits per heavy atom. The predicted molar refractivity (Wildman–Crippen MR) is 59.9 cm³/mol. The molecule has 1 heterocycles. The van der Waals surface area contributed by atoms with E-state index in [0.29, 0.717) is 5.82 Å². The maximum absolute atomic E-state index is 11.5. The van der Waals surface area contributed by atoms with Gasteiger partial charge < -0.3 is 10.6 Å². The molecule has 0 saturated heterocycles. The monoisotopic (exact) mass is 205 g/mol. The molecule has 1 aliphatic carbocycles. The van der Waals surface area contributed by atoms with Crippen LogP contribution in [0.1, 0.15) is 18.4 Å². The van der Waals surface area contributed by atoms with Crippen LogP contribution in [0.3, 0.4) is 0 Å². The highest BCUT2D eigenvalue weighted by Gasteiger charge is 2.29. The molecule has 0 bridgehead atoms. The van der Waals surface area contributed by atoms with Gasteiger partial charge in [-0.05, 0) is 31.4 Å². The van der Waals surface area contributed by atoms with Crippen molar-refractivity contribution in [2.24, 2.45) is 5.92 Å². The SMILES string of the molecule is CNc1cnc(NC(=O)C2CC2)cc1C. The first-order chi connectivity index (χ1) is 7.20. The van der Waals surface area contributed by atoms with Gasteiger partial charge in [0.25, 0.3) is 0 Å². The van der Waals surface area contributed by atoms with Crippen LogP contribution in [0.2, 0.25) is 0 Å².